The lowest BCUT2D eigenvalue weighted by molar-refractivity contribution is 0.0786. The van der Waals surface area contributed by atoms with E-state index in [0.29, 0.717) is 23.4 Å². The number of nitrogens with two attached hydrogens (primary N) is 1. The molecule has 2 aliphatic rings. The number of rotatable bonds is 1. The van der Waals surface area contributed by atoms with Gasteiger partial charge in [0.05, 0.1) is 17.3 Å². The molecular weight excluding hydrogens is 264 g/mol. The zero-order chi connectivity index (χ0) is 14.4. The van der Waals surface area contributed by atoms with Gasteiger partial charge in [0.2, 0.25) is 0 Å². The average Bonchev–Trinajstić information content (AvgIpc) is 3.09. The first-order valence-electron chi connectivity index (χ1n) is 7.69. The molecular formula is C16H20N4O. The molecule has 2 aromatic heterocycles. The van der Waals surface area contributed by atoms with Crippen molar-refractivity contribution < 1.29 is 4.79 Å². The topological polar surface area (TPSA) is 63.6 Å². The molecule has 4 rings (SSSR count). The average molecular weight is 284 g/mol. The van der Waals surface area contributed by atoms with E-state index in [4.69, 9.17) is 5.73 Å². The van der Waals surface area contributed by atoms with Crippen LogP contribution >= 0.6 is 0 Å². The summed E-state index contributed by atoms with van der Waals surface area (Å²) in [4.78, 5) is 14.8. The first-order valence-corrected chi connectivity index (χ1v) is 7.69. The third-order valence-corrected chi connectivity index (χ3v) is 5.03. The molecule has 2 N–H and O–H groups in total. The summed E-state index contributed by atoms with van der Waals surface area (Å²) in [6, 6.07) is 6.12. The predicted octanol–water partition coefficient (Wildman–Crippen LogP) is 1.53. The zero-order valence-electron chi connectivity index (χ0n) is 12.0. The van der Waals surface area contributed by atoms with Gasteiger partial charge in [0.1, 0.15) is 0 Å². The molecule has 2 aromatic rings. The lowest BCUT2D eigenvalue weighted by Gasteiger charge is -2.27. The van der Waals surface area contributed by atoms with Crippen molar-refractivity contribution in [3.05, 3.63) is 36.2 Å². The number of fused-ring (bicyclic) bond motifs is 2. The van der Waals surface area contributed by atoms with Crippen molar-refractivity contribution in [1.29, 1.82) is 0 Å². The van der Waals surface area contributed by atoms with Crippen molar-refractivity contribution >= 4 is 11.4 Å². The molecule has 0 radical (unpaired) electrons. The molecule has 1 saturated carbocycles. The van der Waals surface area contributed by atoms with Gasteiger partial charge in [0, 0.05) is 25.3 Å². The monoisotopic (exact) mass is 284 g/mol. The summed E-state index contributed by atoms with van der Waals surface area (Å²) in [6.07, 6.45) is 6.87. The minimum absolute atomic E-state index is 0.110. The van der Waals surface area contributed by atoms with Crippen molar-refractivity contribution in [3.63, 3.8) is 0 Å². The largest absolute Gasteiger partial charge is 0.338 e. The number of aromatic nitrogens is 2. The molecule has 5 heteroatoms. The molecule has 3 heterocycles. The van der Waals surface area contributed by atoms with Crippen LogP contribution in [0.15, 0.2) is 30.6 Å². The van der Waals surface area contributed by atoms with E-state index in [1.807, 2.05) is 29.3 Å². The Kier molecular flexibility index (Phi) is 2.96. The fourth-order valence-corrected chi connectivity index (χ4v) is 3.90. The van der Waals surface area contributed by atoms with Crippen molar-refractivity contribution in [2.24, 2.45) is 17.6 Å². The van der Waals surface area contributed by atoms with Crippen molar-refractivity contribution in [1.82, 2.24) is 14.5 Å². The number of nitrogens with zero attached hydrogens (tertiary/aromatic N) is 3. The first kappa shape index (κ1) is 12.8. The molecule has 1 aliphatic carbocycles. The zero-order valence-corrected chi connectivity index (χ0v) is 12.0. The molecule has 110 valence electrons. The maximum Gasteiger partial charge on any atom is 0.257 e. The van der Waals surface area contributed by atoms with E-state index >= 15 is 0 Å². The fraction of sp³-hybridized carbons (Fsp3) is 0.500. The number of amides is 1. The van der Waals surface area contributed by atoms with E-state index in [-0.39, 0.29) is 5.91 Å². The van der Waals surface area contributed by atoms with E-state index in [1.165, 1.54) is 0 Å². The van der Waals surface area contributed by atoms with Crippen LogP contribution in [0, 0.1) is 11.8 Å². The maximum atomic E-state index is 12.8. The highest BCUT2D eigenvalue weighted by Crippen LogP contribution is 2.36. The van der Waals surface area contributed by atoms with Crippen molar-refractivity contribution in [3.8, 4) is 0 Å². The van der Waals surface area contributed by atoms with Gasteiger partial charge in [0.25, 0.3) is 5.91 Å². The Morgan fingerprint density at radius 2 is 2.10 bits per heavy atom. The summed E-state index contributed by atoms with van der Waals surface area (Å²) in [7, 11) is 0. The Labute approximate surface area is 123 Å². The van der Waals surface area contributed by atoms with Gasteiger partial charge in [0.15, 0.2) is 0 Å². The second kappa shape index (κ2) is 4.84. The number of carbonyl (C=O) groups is 1. The summed E-state index contributed by atoms with van der Waals surface area (Å²) in [5.41, 5.74) is 7.65. The second-order valence-corrected chi connectivity index (χ2v) is 6.39. The Balaban J connectivity index is 1.58. The van der Waals surface area contributed by atoms with E-state index < -0.39 is 0 Å². The minimum Gasteiger partial charge on any atom is -0.338 e. The summed E-state index contributed by atoms with van der Waals surface area (Å²) in [5.74, 6) is 1.33. The van der Waals surface area contributed by atoms with E-state index in [1.54, 1.807) is 10.7 Å². The van der Waals surface area contributed by atoms with Crippen molar-refractivity contribution in [2.75, 3.05) is 13.1 Å². The highest BCUT2D eigenvalue weighted by Gasteiger charge is 2.39. The Morgan fingerprint density at radius 3 is 3.00 bits per heavy atom. The highest BCUT2D eigenvalue weighted by atomic mass is 16.2. The molecule has 1 unspecified atom stereocenters. The van der Waals surface area contributed by atoms with Crippen molar-refractivity contribution in [2.45, 2.75) is 25.3 Å². The number of pyridine rings is 1. The lowest BCUT2D eigenvalue weighted by atomic mass is 9.79. The Bertz CT molecular complexity index is 680. The number of hydrogen-bond acceptors (Lipinski definition) is 3. The SMILES string of the molecule is NC1CC[C@@H]2CN(C(=O)c3cnn4ccccc34)C[C@@H]2C1. The third kappa shape index (κ3) is 2.12. The minimum atomic E-state index is 0.110. The van der Waals surface area contributed by atoms with Gasteiger partial charge in [-0.05, 0) is 43.2 Å². The molecule has 0 spiro atoms. The second-order valence-electron chi connectivity index (χ2n) is 6.39. The Morgan fingerprint density at radius 1 is 1.24 bits per heavy atom. The fourth-order valence-electron chi connectivity index (χ4n) is 3.90. The summed E-state index contributed by atoms with van der Waals surface area (Å²) >= 11 is 0. The van der Waals surface area contributed by atoms with E-state index in [2.05, 4.69) is 5.10 Å². The quantitative estimate of drug-likeness (QED) is 0.864. The van der Waals surface area contributed by atoms with Gasteiger partial charge in [-0.3, -0.25) is 4.79 Å². The summed E-state index contributed by atoms with van der Waals surface area (Å²) in [6.45, 7) is 1.72. The van der Waals surface area contributed by atoms with Crippen LogP contribution in [0.3, 0.4) is 0 Å². The molecule has 2 fully saturated rings. The van der Waals surface area contributed by atoms with Gasteiger partial charge in [-0.2, -0.15) is 5.10 Å². The van der Waals surface area contributed by atoms with Crippen LogP contribution in [0.5, 0.6) is 0 Å². The first-order chi connectivity index (χ1) is 10.2. The van der Waals surface area contributed by atoms with Crippen LogP contribution in [0.4, 0.5) is 0 Å². The number of carbonyl (C=O) groups excluding carboxylic acids is 1. The van der Waals surface area contributed by atoms with Gasteiger partial charge in [-0.25, -0.2) is 4.52 Å². The predicted molar refractivity (Wildman–Crippen MR) is 79.9 cm³/mol. The van der Waals surface area contributed by atoms with Gasteiger partial charge in [-0.15, -0.1) is 0 Å². The maximum absolute atomic E-state index is 12.8. The van der Waals surface area contributed by atoms with E-state index in [0.717, 1.165) is 37.9 Å². The Hall–Kier alpha value is -1.88. The lowest BCUT2D eigenvalue weighted by Crippen LogP contribution is -2.32. The van der Waals surface area contributed by atoms with Crippen LogP contribution in [0.2, 0.25) is 0 Å². The standard InChI is InChI=1S/C16H20N4O/c17-13-5-4-11-9-19(10-12(11)7-13)16(21)14-8-18-20-6-2-1-3-15(14)20/h1-3,6,8,11-13H,4-5,7,9-10,17H2/t11-,12+,13?/m1/s1. The van der Waals surface area contributed by atoms with Crippen LogP contribution < -0.4 is 5.73 Å². The molecule has 1 amide bonds. The molecule has 3 atom stereocenters. The van der Waals surface area contributed by atoms with Crippen LogP contribution in [-0.4, -0.2) is 39.6 Å². The molecule has 0 aromatic carbocycles. The normalized spacial score (nSPS) is 28.8. The van der Waals surface area contributed by atoms with Crippen LogP contribution in [-0.2, 0) is 0 Å². The molecule has 21 heavy (non-hydrogen) atoms. The highest BCUT2D eigenvalue weighted by molar-refractivity contribution is 6.00. The number of hydrogen-bond donors (Lipinski definition) is 1. The van der Waals surface area contributed by atoms with Gasteiger partial charge in [-0.1, -0.05) is 6.07 Å². The van der Waals surface area contributed by atoms with E-state index in [9.17, 15) is 4.79 Å². The third-order valence-electron chi connectivity index (χ3n) is 5.03. The summed E-state index contributed by atoms with van der Waals surface area (Å²) < 4.78 is 1.76. The molecule has 1 aliphatic heterocycles. The van der Waals surface area contributed by atoms with Crippen LogP contribution in [0.1, 0.15) is 29.6 Å². The molecule has 1 saturated heterocycles. The number of likely N-dealkylation sites (tertiary alicyclic amines) is 1. The van der Waals surface area contributed by atoms with Crippen LogP contribution in [0.25, 0.3) is 5.52 Å². The molecule has 0 bridgehead atoms. The summed E-state index contributed by atoms with van der Waals surface area (Å²) in [5, 5.41) is 4.26. The molecule has 5 nitrogen and oxygen atoms in total. The van der Waals surface area contributed by atoms with Gasteiger partial charge < -0.3 is 10.6 Å². The smallest absolute Gasteiger partial charge is 0.257 e. The van der Waals surface area contributed by atoms with Gasteiger partial charge >= 0.3 is 0 Å².